The van der Waals surface area contributed by atoms with Gasteiger partial charge in [-0.05, 0) is 30.7 Å². The number of aromatic hydroxyl groups is 1. The first kappa shape index (κ1) is 18.4. The molecule has 9 heteroatoms. The van der Waals surface area contributed by atoms with Gasteiger partial charge in [-0.25, -0.2) is 21.6 Å². The molecule has 5 nitrogen and oxygen atoms in total. The highest BCUT2D eigenvalue weighted by atomic mass is 32.2. The fourth-order valence-electron chi connectivity index (χ4n) is 3.56. The molecule has 1 aromatic heterocycles. The maximum absolute atomic E-state index is 14.7. The van der Waals surface area contributed by atoms with Crippen molar-refractivity contribution in [3.05, 3.63) is 71.8 Å². The molecule has 1 atom stereocenters. The summed E-state index contributed by atoms with van der Waals surface area (Å²) in [7, 11) is -4.32. The highest BCUT2D eigenvalue weighted by Crippen LogP contribution is 2.45. The molecule has 0 saturated heterocycles. The van der Waals surface area contributed by atoms with E-state index < -0.39 is 33.5 Å². The van der Waals surface area contributed by atoms with Crippen LogP contribution >= 0.6 is 0 Å². The standard InChI is InChI=1S/C19H15F3N2O3S/c1-2-14-15-7-4-8-23(15)19-16(10-13(20)17(21)18(19)22)24(14)28(26,27)12-6-3-5-11(25)9-12/h3-10,14,25H,2H2,1H3. The average molecular weight is 408 g/mol. The molecule has 4 rings (SSSR count). The minimum atomic E-state index is -4.32. The normalized spacial score (nSPS) is 16.0. The van der Waals surface area contributed by atoms with Gasteiger partial charge in [0.25, 0.3) is 10.0 Å². The van der Waals surface area contributed by atoms with Crippen molar-refractivity contribution in [2.75, 3.05) is 4.31 Å². The van der Waals surface area contributed by atoms with E-state index in [1.807, 2.05) is 0 Å². The summed E-state index contributed by atoms with van der Waals surface area (Å²) in [6.45, 7) is 1.73. The van der Waals surface area contributed by atoms with Crippen LogP contribution in [0.1, 0.15) is 25.1 Å². The molecule has 1 N–H and O–H groups in total. The van der Waals surface area contributed by atoms with E-state index in [0.717, 1.165) is 10.4 Å². The number of anilines is 1. The third-order valence-electron chi connectivity index (χ3n) is 4.76. The number of sulfonamides is 1. The Hall–Kier alpha value is -2.94. The number of phenolic OH excluding ortho intramolecular Hbond substituents is 1. The van der Waals surface area contributed by atoms with Crippen LogP contribution < -0.4 is 4.31 Å². The molecule has 28 heavy (non-hydrogen) atoms. The van der Waals surface area contributed by atoms with Crippen LogP contribution in [0, 0.1) is 17.5 Å². The van der Waals surface area contributed by atoms with Crippen molar-refractivity contribution in [1.29, 1.82) is 0 Å². The molecule has 0 spiro atoms. The largest absolute Gasteiger partial charge is 0.508 e. The van der Waals surface area contributed by atoms with Crippen LogP contribution in [0.3, 0.4) is 0 Å². The molecule has 146 valence electrons. The fourth-order valence-corrected chi connectivity index (χ4v) is 5.29. The van der Waals surface area contributed by atoms with Crippen molar-refractivity contribution in [1.82, 2.24) is 4.57 Å². The molecule has 0 amide bonds. The second-order valence-electron chi connectivity index (χ2n) is 6.38. The second kappa shape index (κ2) is 6.30. The summed E-state index contributed by atoms with van der Waals surface area (Å²) in [6, 6.07) is 8.05. The molecular weight excluding hydrogens is 393 g/mol. The van der Waals surface area contributed by atoms with Crippen molar-refractivity contribution in [2.45, 2.75) is 24.3 Å². The van der Waals surface area contributed by atoms with E-state index in [2.05, 4.69) is 0 Å². The maximum Gasteiger partial charge on any atom is 0.265 e. The van der Waals surface area contributed by atoms with Crippen molar-refractivity contribution < 1.29 is 26.7 Å². The molecule has 0 fully saturated rings. The summed E-state index contributed by atoms with van der Waals surface area (Å²) in [5.41, 5.74) is -0.272. The lowest BCUT2D eigenvalue weighted by Crippen LogP contribution is -2.39. The monoisotopic (exact) mass is 408 g/mol. The smallest absolute Gasteiger partial charge is 0.265 e. The van der Waals surface area contributed by atoms with Crippen LogP contribution in [0.4, 0.5) is 18.9 Å². The van der Waals surface area contributed by atoms with E-state index in [9.17, 15) is 26.7 Å². The highest BCUT2D eigenvalue weighted by Gasteiger charge is 2.41. The number of hydrogen-bond donors (Lipinski definition) is 1. The third kappa shape index (κ3) is 2.50. The molecule has 3 aromatic rings. The topological polar surface area (TPSA) is 62.5 Å². The van der Waals surface area contributed by atoms with E-state index in [1.54, 1.807) is 19.1 Å². The van der Waals surface area contributed by atoms with Crippen molar-refractivity contribution in [3.63, 3.8) is 0 Å². The molecule has 0 bridgehead atoms. The van der Waals surface area contributed by atoms with Gasteiger partial charge >= 0.3 is 0 Å². The number of halogens is 3. The van der Waals surface area contributed by atoms with Crippen LogP contribution in [0.5, 0.6) is 5.75 Å². The van der Waals surface area contributed by atoms with Gasteiger partial charge < -0.3 is 9.67 Å². The predicted molar refractivity (Wildman–Crippen MR) is 96.4 cm³/mol. The maximum atomic E-state index is 14.7. The summed E-state index contributed by atoms with van der Waals surface area (Å²) in [5, 5.41) is 9.69. The molecule has 2 aromatic carbocycles. The Balaban J connectivity index is 2.06. The number of hydrogen-bond acceptors (Lipinski definition) is 3. The number of benzene rings is 2. The summed E-state index contributed by atoms with van der Waals surface area (Å²) in [5.74, 6) is -4.91. The first-order chi connectivity index (χ1) is 13.3. The lowest BCUT2D eigenvalue weighted by molar-refractivity contribution is 0.441. The van der Waals surface area contributed by atoms with E-state index in [-0.39, 0.29) is 22.0 Å². The van der Waals surface area contributed by atoms with Crippen molar-refractivity contribution in [3.8, 4) is 11.4 Å². The Kier molecular flexibility index (Phi) is 4.15. The molecule has 1 aliphatic rings. The van der Waals surface area contributed by atoms with Crippen LogP contribution in [0.15, 0.2) is 53.6 Å². The molecule has 0 radical (unpaired) electrons. The van der Waals surface area contributed by atoms with Gasteiger partial charge in [0.1, 0.15) is 11.4 Å². The Morgan fingerprint density at radius 3 is 2.50 bits per heavy atom. The zero-order chi connectivity index (χ0) is 20.2. The van der Waals surface area contributed by atoms with Gasteiger partial charge in [0.15, 0.2) is 17.5 Å². The third-order valence-corrected chi connectivity index (χ3v) is 6.58. The summed E-state index contributed by atoms with van der Waals surface area (Å²) in [4.78, 5) is -0.248. The van der Waals surface area contributed by atoms with E-state index in [4.69, 9.17) is 0 Å². The zero-order valence-electron chi connectivity index (χ0n) is 14.6. The van der Waals surface area contributed by atoms with Crippen LogP contribution in [-0.2, 0) is 10.0 Å². The summed E-state index contributed by atoms with van der Waals surface area (Å²) < 4.78 is 71.6. The number of fused-ring (bicyclic) bond motifs is 3. The Morgan fingerprint density at radius 2 is 1.82 bits per heavy atom. The van der Waals surface area contributed by atoms with Gasteiger partial charge in [0.05, 0.1) is 16.6 Å². The lowest BCUT2D eigenvalue weighted by atomic mass is 10.1. The second-order valence-corrected chi connectivity index (χ2v) is 8.19. The predicted octanol–water partition coefficient (Wildman–Crippen LogP) is 4.26. The quantitative estimate of drug-likeness (QED) is 0.659. The van der Waals surface area contributed by atoms with E-state index in [1.165, 1.54) is 29.0 Å². The van der Waals surface area contributed by atoms with Crippen molar-refractivity contribution in [2.24, 2.45) is 0 Å². The van der Waals surface area contributed by atoms with Gasteiger partial charge in [0.2, 0.25) is 0 Å². The van der Waals surface area contributed by atoms with E-state index >= 15 is 0 Å². The SMILES string of the molecule is CCC1c2cccn2-c2c(cc(F)c(F)c2F)N1S(=O)(=O)c1cccc(O)c1. The van der Waals surface area contributed by atoms with Crippen LogP contribution in [0.25, 0.3) is 5.69 Å². The Labute approximate surface area is 159 Å². The minimum absolute atomic E-state index is 0.248. The molecule has 1 aliphatic heterocycles. The Bertz CT molecular complexity index is 1190. The van der Waals surface area contributed by atoms with E-state index in [0.29, 0.717) is 18.2 Å². The minimum Gasteiger partial charge on any atom is -0.508 e. The summed E-state index contributed by atoms with van der Waals surface area (Å²) in [6.07, 6.45) is 1.76. The number of nitrogens with zero attached hydrogens (tertiary/aromatic N) is 2. The molecule has 0 aliphatic carbocycles. The Morgan fingerprint density at radius 1 is 1.07 bits per heavy atom. The average Bonchev–Trinajstić information content (AvgIpc) is 3.14. The van der Waals surface area contributed by atoms with Crippen molar-refractivity contribution >= 4 is 15.7 Å². The number of aromatic nitrogens is 1. The van der Waals surface area contributed by atoms with Gasteiger partial charge in [-0.15, -0.1) is 0 Å². The summed E-state index contributed by atoms with van der Waals surface area (Å²) >= 11 is 0. The number of phenols is 1. The molecule has 0 saturated carbocycles. The van der Waals surface area contributed by atoms with Gasteiger partial charge in [-0.1, -0.05) is 13.0 Å². The van der Waals surface area contributed by atoms with Gasteiger partial charge in [0, 0.05) is 24.0 Å². The van der Waals surface area contributed by atoms with Gasteiger partial charge in [-0.2, -0.15) is 0 Å². The van der Waals surface area contributed by atoms with Gasteiger partial charge in [-0.3, -0.25) is 4.31 Å². The number of rotatable bonds is 3. The van der Waals surface area contributed by atoms with Crippen LogP contribution in [0.2, 0.25) is 0 Å². The highest BCUT2D eigenvalue weighted by molar-refractivity contribution is 7.92. The fraction of sp³-hybridized carbons (Fsp3) is 0.158. The first-order valence-corrected chi connectivity index (χ1v) is 9.90. The van der Waals surface area contributed by atoms with Crippen LogP contribution in [-0.4, -0.2) is 18.1 Å². The first-order valence-electron chi connectivity index (χ1n) is 8.46. The zero-order valence-corrected chi connectivity index (χ0v) is 15.4. The molecule has 1 unspecified atom stereocenters. The molecular formula is C19H15F3N2O3S. The lowest BCUT2D eigenvalue weighted by Gasteiger charge is -2.38. The molecule has 2 heterocycles.